The van der Waals surface area contributed by atoms with E-state index in [1.807, 2.05) is 0 Å². The average molecular weight is 335 g/mol. The highest BCUT2D eigenvalue weighted by Crippen LogP contribution is 2.24. The van der Waals surface area contributed by atoms with Crippen molar-refractivity contribution < 1.29 is 19.4 Å². The minimum Gasteiger partial charge on any atom is -0.506 e. The number of phenolic OH excluding ortho intramolecular Hbond substituents is 1. The summed E-state index contributed by atoms with van der Waals surface area (Å²) in [6.07, 6.45) is 9.50. The van der Waals surface area contributed by atoms with Crippen molar-refractivity contribution in [3.8, 4) is 5.75 Å². The number of hydrogen-bond acceptors (Lipinski definition) is 4. The van der Waals surface area contributed by atoms with E-state index in [9.17, 15) is 14.7 Å². The fourth-order valence-corrected chi connectivity index (χ4v) is 2.44. The van der Waals surface area contributed by atoms with Gasteiger partial charge in [-0.15, -0.1) is 0 Å². The zero-order valence-corrected chi connectivity index (χ0v) is 14.8. The first-order chi connectivity index (χ1) is 11.5. The number of anilines is 1. The first-order valence-electron chi connectivity index (χ1n) is 8.82. The highest BCUT2D eigenvalue weighted by molar-refractivity contribution is 5.95. The lowest BCUT2D eigenvalue weighted by molar-refractivity contribution is -0.114. The molecule has 0 aliphatic carbocycles. The lowest BCUT2D eigenvalue weighted by atomic mass is 10.1. The van der Waals surface area contributed by atoms with Crippen LogP contribution in [0.4, 0.5) is 5.69 Å². The van der Waals surface area contributed by atoms with Crippen LogP contribution in [0.25, 0.3) is 0 Å². The van der Waals surface area contributed by atoms with Crippen LogP contribution in [0.3, 0.4) is 0 Å². The van der Waals surface area contributed by atoms with Crippen molar-refractivity contribution in [3.05, 3.63) is 23.8 Å². The molecular weight excluding hydrogens is 306 g/mol. The summed E-state index contributed by atoms with van der Waals surface area (Å²) in [6, 6.07) is 4.28. The SMILES string of the molecule is CCCCCCCCCCOC(=O)c1ccc(O)c(NC(C)=O)c1. The second-order valence-corrected chi connectivity index (χ2v) is 6.02. The minimum atomic E-state index is -0.440. The Kier molecular flexibility index (Phi) is 9.58. The Labute approximate surface area is 144 Å². The molecule has 0 fully saturated rings. The lowest BCUT2D eigenvalue weighted by Crippen LogP contribution is -2.09. The maximum atomic E-state index is 12.0. The van der Waals surface area contributed by atoms with Crippen LogP contribution >= 0.6 is 0 Å². The Balaban J connectivity index is 2.27. The zero-order valence-electron chi connectivity index (χ0n) is 14.8. The molecule has 0 radical (unpaired) electrons. The molecule has 0 atom stereocenters. The maximum Gasteiger partial charge on any atom is 0.338 e. The van der Waals surface area contributed by atoms with E-state index in [4.69, 9.17) is 4.74 Å². The molecule has 0 saturated carbocycles. The van der Waals surface area contributed by atoms with Crippen LogP contribution in [-0.2, 0) is 9.53 Å². The molecule has 1 amide bonds. The minimum absolute atomic E-state index is 0.0789. The first kappa shape index (κ1) is 20.0. The molecule has 1 aromatic rings. The number of unbranched alkanes of at least 4 members (excludes halogenated alkanes) is 7. The van der Waals surface area contributed by atoms with E-state index in [0.29, 0.717) is 12.2 Å². The van der Waals surface area contributed by atoms with E-state index in [2.05, 4.69) is 12.2 Å². The topological polar surface area (TPSA) is 75.6 Å². The number of hydrogen-bond donors (Lipinski definition) is 2. The quantitative estimate of drug-likeness (QED) is 0.351. The Bertz CT molecular complexity index is 528. The highest BCUT2D eigenvalue weighted by atomic mass is 16.5. The van der Waals surface area contributed by atoms with Crippen molar-refractivity contribution in [2.24, 2.45) is 0 Å². The van der Waals surface area contributed by atoms with Gasteiger partial charge in [0.1, 0.15) is 5.75 Å². The first-order valence-corrected chi connectivity index (χ1v) is 8.82. The number of rotatable bonds is 11. The van der Waals surface area contributed by atoms with Gasteiger partial charge in [-0.2, -0.15) is 0 Å². The predicted molar refractivity (Wildman–Crippen MR) is 95.3 cm³/mol. The number of aromatic hydroxyl groups is 1. The van der Waals surface area contributed by atoms with Crippen LogP contribution < -0.4 is 5.32 Å². The molecule has 0 unspecified atom stereocenters. The molecule has 1 aromatic carbocycles. The van der Waals surface area contributed by atoms with Crippen molar-refractivity contribution in [2.75, 3.05) is 11.9 Å². The van der Waals surface area contributed by atoms with Crippen LogP contribution in [0.15, 0.2) is 18.2 Å². The summed E-state index contributed by atoms with van der Waals surface area (Å²) in [5.74, 6) is -0.830. The molecule has 0 bridgehead atoms. The van der Waals surface area contributed by atoms with E-state index >= 15 is 0 Å². The monoisotopic (exact) mass is 335 g/mol. The number of carbonyl (C=O) groups excluding carboxylic acids is 2. The van der Waals surface area contributed by atoms with E-state index in [1.165, 1.54) is 63.6 Å². The average Bonchev–Trinajstić information content (AvgIpc) is 2.54. The van der Waals surface area contributed by atoms with Crippen LogP contribution in [0.2, 0.25) is 0 Å². The maximum absolute atomic E-state index is 12.0. The van der Waals surface area contributed by atoms with Gasteiger partial charge in [0, 0.05) is 6.92 Å². The van der Waals surface area contributed by atoms with E-state index in [1.54, 1.807) is 0 Å². The number of amides is 1. The van der Waals surface area contributed by atoms with Crippen molar-refractivity contribution in [3.63, 3.8) is 0 Å². The predicted octanol–water partition coefficient (Wildman–Crippen LogP) is 4.65. The fourth-order valence-electron chi connectivity index (χ4n) is 2.44. The third kappa shape index (κ3) is 7.99. The molecule has 0 heterocycles. The van der Waals surface area contributed by atoms with Gasteiger partial charge in [-0.1, -0.05) is 51.9 Å². The van der Waals surface area contributed by atoms with E-state index in [0.717, 1.165) is 12.8 Å². The molecule has 0 spiro atoms. The molecular formula is C19H29NO4. The molecule has 0 saturated heterocycles. The van der Waals surface area contributed by atoms with Gasteiger partial charge in [-0.25, -0.2) is 4.79 Å². The standard InChI is InChI=1S/C19H29NO4/c1-3-4-5-6-7-8-9-10-13-24-19(23)16-11-12-18(22)17(14-16)20-15(2)21/h11-12,14,22H,3-10,13H2,1-2H3,(H,20,21). The summed E-state index contributed by atoms with van der Waals surface area (Å²) in [7, 11) is 0. The Morgan fingerprint density at radius 3 is 2.29 bits per heavy atom. The molecule has 0 aliphatic heterocycles. The van der Waals surface area contributed by atoms with Crippen LogP contribution in [0, 0.1) is 0 Å². The van der Waals surface area contributed by atoms with Gasteiger partial charge in [0.15, 0.2) is 0 Å². The molecule has 1 rings (SSSR count). The molecule has 2 N–H and O–H groups in total. The lowest BCUT2D eigenvalue weighted by Gasteiger charge is -2.08. The van der Waals surface area contributed by atoms with E-state index in [-0.39, 0.29) is 17.3 Å². The van der Waals surface area contributed by atoms with Gasteiger partial charge in [-0.3, -0.25) is 4.79 Å². The van der Waals surface area contributed by atoms with Gasteiger partial charge >= 0.3 is 5.97 Å². The van der Waals surface area contributed by atoms with Gasteiger partial charge in [0.2, 0.25) is 5.91 Å². The molecule has 0 aromatic heterocycles. The number of nitrogens with one attached hydrogen (secondary N) is 1. The third-order valence-corrected chi connectivity index (χ3v) is 3.77. The summed E-state index contributed by atoms with van der Waals surface area (Å²) in [6.45, 7) is 3.94. The molecule has 0 aliphatic rings. The summed E-state index contributed by atoms with van der Waals surface area (Å²) in [5.41, 5.74) is 0.528. The van der Waals surface area contributed by atoms with Crippen LogP contribution in [0.5, 0.6) is 5.75 Å². The van der Waals surface area contributed by atoms with Crippen molar-refractivity contribution >= 4 is 17.6 Å². The van der Waals surface area contributed by atoms with Crippen LogP contribution in [-0.4, -0.2) is 23.6 Å². The smallest absolute Gasteiger partial charge is 0.338 e. The number of esters is 1. The summed E-state index contributed by atoms with van der Waals surface area (Å²) >= 11 is 0. The molecule has 24 heavy (non-hydrogen) atoms. The number of benzene rings is 1. The van der Waals surface area contributed by atoms with Gasteiger partial charge in [0.05, 0.1) is 17.9 Å². The molecule has 5 heteroatoms. The zero-order chi connectivity index (χ0) is 17.8. The summed E-state index contributed by atoms with van der Waals surface area (Å²) < 4.78 is 5.24. The molecule has 134 valence electrons. The van der Waals surface area contributed by atoms with Crippen molar-refractivity contribution in [1.82, 2.24) is 0 Å². The van der Waals surface area contributed by atoms with Crippen molar-refractivity contribution in [1.29, 1.82) is 0 Å². The number of ether oxygens (including phenoxy) is 1. The van der Waals surface area contributed by atoms with E-state index < -0.39 is 5.97 Å². The Morgan fingerprint density at radius 1 is 1.04 bits per heavy atom. The Hall–Kier alpha value is -2.04. The van der Waals surface area contributed by atoms with Crippen LogP contribution in [0.1, 0.15) is 75.6 Å². The number of carbonyl (C=O) groups is 2. The summed E-state index contributed by atoms with van der Waals surface area (Å²) in [5, 5.41) is 12.1. The van der Waals surface area contributed by atoms with Gasteiger partial charge < -0.3 is 15.2 Å². The Morgan fingerprint density at radius 2 is 1.67 bits per heavy atom. The fraction of sp³-hybridized carbons (Fsp3) is 0.579. The number of phenols is 1. The second kappa shape index (κ2) is 11.5. The highest BCUT2D eigenvalue weighted by Gasteiger charge is 2.11. The van der Waals surface area contributed by atoms with Crippen molar-refractivity contribution in [2.45, 2.75) is 65.2 Å². The van der Waals surface area contributed by atoms with Gasteiger partial charge in [0.25, 0.3) is 0 Å². The summed E-state index contributed by atoms with van der Waals surface area (Å²) in [4.78, 5) is 23.0. The normalized spacial score (nSPS) is 10.4. The molecule has 5 nitrogen and oxygen atoms in total. The largest absolute Gasteiger partial charge is 0.506 e. The third-order valence-electron chi connectivity index (χ3n) is 3.77. The van der Waals surface area contributed by atoms with Gasteiger partial charge in [-0.05, 0) is 24.6 Å². The second-order valence-electron chi connectivity index (χ2n) is 6.02.